The summed E-state index contributed by atoms with van der Waals surface area (Å²) in [6, 6.07) is 5.29. The van der Waals surface area contributed by atoms with E-state index in [0.717, 1.165) is 37.7 Å². The number of hydrogen-bond acceptors (Lipinski definition) is 2. The standard InChI is InChI=1S/C17H29FN4.HI/c1-5-10-22(6-2)11-9-20-17(19-4)21-13-15-8-7-14(3)16(18)12-15;/h7-8,12H,5-6,9-11,13H2,1-4H3,(H2,19,20,21);1H. The maximum atomic E-state index is 13.5. The highest BCUT2D eigenvalue weighted by atomic mass is 127. The second-order valence-corrected chi connectivity index (χ2v) is 5.37. The molecule has 0 atom stereocenters. The third-order valence-corrected chi connectivity index (χ3v) is 3.63. The lowest BCUT2D eigenvalue weighted by molar-refractivity contribution is 0.293. The van der Waals surface area contributed by atoms with Gasteiger partial charge in [-0.2, -0.15) is 0 Å². The van der Waals surface area contributed by atoms with Gasteiger partial charge in [-0.15, -0.1) is 24.0 Å². The van der Waals surface area contributed by atoms with Crippen LogP contribution in [0.15, 0.2) is 23.2 Å². The molecule has 0 fully saturated rings. The predicted molar refractivity (Wildman–Crippen MR) is 107 cm³/mol. The third kappa shape index (κ3) is 8.50. The van der Waals surface area contributed by atoms with Gasteiger partial charge in [-0.3, -0.25) is 4.99 Å². The van der Waals surface area contributed by atoms with Crippen LogP contribution < -0.4 is 10.6 Å². The summed E-state index contributed by atoms with van der Waals surface area (Å²) in [6.07, 6.45) is 1.17. The van der Waals surface area contributed by atoms with Gasteiger partial charge in [0, 0.05) is 26.7 Å². The number of rotatable bonds is 8. The predicted octanol–water partition coefficient (Wildman–Crippen LogP) is 3.15. The number of halogens is 2. The fraction of sp³-hybridized carbons (Fsp3) is 0.588. The summed E-state index contributed by atoms with van der Waals surface area (Å²) in [7, 11) is 1.74. The van der Waals surface area contributed by atoms with Crippen LogP contribution in [-0.2, 0) is 6.54 Å². The van der Waals surface area contributed by atoms with Gasteiger partial charge in [0.15, 0.2) is 5.96 Å². The molecule has 0 aromatic heterocycles. The third-order valence-electron chi connectivity index (χ3n) is 3.63. The van der Waals surface area contributed by atoms with Crippen LogP contribution in [0.4, 0.5) is 4.39 Å². The number of benzene rings is 1. The number of nitrogens with zero attached hydrogens (tertiary/aromatic N) is 2. The average Bonchev–Trinajstić information content (AvgIpc) is 2.52. The summed E-state index contributed by atoms with van der Waals surface area (Å²) < 4.78 is 13.5. The molecule has 0 heterocycles. The Morgan fingerprint density at radius 2 is 1.96 bits per heavy atom. The van der Waals surface area contributed by atoms with Gasteiger partial charge in [0.1, 0.15) is 5.82 Å². The molecule has 4 nitrogen and oxygen atoms in total. The van der Waals surface area contributed by atoms with Gasteiger partial charge in [0.05, 0.1) is 0 Å². The van der Waals surface area contributed by atoms with Gasteiger partial charge >= 0.3 is 0 Å². The van der Waals surface area contributed by atoms with Crippen molar-refractivity contribution in [1.29, 1.82) is 0 Å². The molecule has 0 unspecified atom stereocenters. The lowest BCUT2D eigenvalue weighted by Crippen LogP contribution is -2.41. The average molecular weight is 436 g/mol. The van der Waals surface area contributed by atoms with Crippen molar-refractivity contribution in [2.45, 2.75) is 33.7 Å². The molecule has 0 amide bonds. The van der Waals surface area contributed by atoms with E-state index in [-0.39, 0.29) is 29.8 Å². The van der Waals surface area contributed by atoms with Crippen LogP contribution in [0, 0.1) is 12.7 Å². The number of hydrogen-bond donors (Lipinski definition) is 2. The number of nitrogens with one attached hydrogen (secondary N) is 2. The molecule has 0 aliphatic heterocycles. The van der Waals surface area contributed by atoms with Crippen molar-refractivity contribution < 1.29 is 4.39 Å². The van der Waals surface area contributed by atoms with Gasteiger partial charge in [0.2, 0.25) is 0 Å². The fourth-order valence-corrected chi connectivity index (χ4v) is 2.23. The molecular weight excluding hydrogens is 406 g/mol. The molecule has 1 rings (SSSR count). The minimum atomic E-state index is -0.166. The van der Waals surface area contributed by atoms with Gasteiger partial charge in [-0.05, 0) is 43.6 Å². The van der Waals surface area contributed by atoms with Crippen LogP contribution in [0.3, 0.4) is 0 Å². The SMILES string of the molecule is CCCN(CC)CCNC(=NC)NCc1ccc(C)c(F)c1.I. The van der Waals surface area contributed by atoms with Gasteiger partial charge in [-0.1, -0.05) is 26.0 Å². The summed E-state index contributed by atoms with van der Waals surface area (Å²) in [5.74, 6) is 0.578. The monoisotopic (exact) mass is 436 g/mol. The van der Waals surface area contributed by atoms with Crippen LogP contribution in [0.25, 0.3) is 0 Å². The molecule has 1 aromatic carbocycles. The Morgan fingerprint density at radius 1 is 1.22 bits per heavy atom. The summed E-state index contributed by atoms with van der Waals surface area (Å²) in [4.78, 5) is 6.59. The first-order valence-electron chi connectivity index (χ1n) is 8.02. The minimum absolute atomic E-state index is 0. The van der Waals surface area contributed by atoms with Crippen molar-refractivity contribution in [3.05, 3.63) is 35.1 Å². The highest BCUT2D eigenvalue weighted by Crippen LogP contribution is 2.08. The Balaban J connectivity index is 0.00000484. The zero-order chi connectivity index (χ0) is 16.4. The van der Waals surface area contributed by atoms with Crippen molar-refractivity contribution in [3.63, 3.8) is 0 Å². The fourth-order valence-electron chi connectivity index (χ4n) is 2.23. The Bertz CT molecular complexity index is 480. The smallest absolute Gasteiger partial charge is 0.191 e. The first-order chi connectivity index (χ1) is 10.6. The summed E-state index contributed by atoms with van der Waals surface area (Å²) in [5, 5.41) is 6.50. The Labute approximate surface area is 157 Å². The summed E-state index contributed by atoms with van der Waals surface area (Å²) >= 11 is 0. The van der Waals surface area contributed by atoms with Crippen molar-refractivity contribution in [1.82, 2.24) is 15.5 Å². The Morgan fingerprint density at radius 3 is 2.52 bits per heavy atom. The highest BCUT2D eigenvalue weighted by molar-refractivity contribution is 14.0. The quantitative estimate of drug-likeness (QED) is 0.374. The van der Waals surface area contributed by atoms with E-state index in [1.807, 2.05) is 6.07 Å². The topological polar surface area (TPSA) is 39.7 Å². The maximum Gasteiger partial charge on any atom is 0.191 e. The molecule has 0 aliphatic rings. The van der Waals surface area contributed by atoms with Crippen LogP contribution in [0.2, 0.25) is 0 Å². The van der Waals surface area contributed by atoms with E-state index in [1.165, 1.54) is 6.42 Å². The maximum absolute atomic E-state index is 13.5. The van der Waals surface area contributed by atoms with Crippen LogP contribution in [0.5, 0.6) is 0 Å². The first kappa shape index (κ1) is 22.1. The second-order valence-electron chi connectivity index (χ2n) is 5.37. The Kier molecular flexibility index (Phi) is 12.0. The lowest BCUT2D eigenvalue weighted by atomic mass is 10.1. The molecule has 0 saturated carbocycles. The summed E-state index contributed by atoms with van der Waals surface area (Å²) in [6.45, 7) is 10.7. The molecule has 2 N–H and O–H groups in total. The molecule has 1 aromatic rings. The number of aliphatic imine (C=N–C) groups is 1. The summed E-state index contributed by atoms with van der Waals surface area (Å²) in [5.41, 5.74) is 1.58. The molecule has 0 radical (unpaired) electrons. The normalized spacial score (nSPS) is 11.3. The van der Waals surface area contributed by atoms with E-state index in [2.05, 4.69) is 34.4 Å². The number of likely N-dealkylation sites (N-methyl/N-ethyl adjacent to an activating group) is 1. The van der Waals surface area contributed by atoms with E-state index in [9.17, 15) is 4.39 Å². The zero-order valence-corrected chi connectivity index (χ0v) is 17.0. The number of guanidine groups is 1. The van der Waals surface area contributed by atoms with Crippen LogP contribution in [0.1, 0.15) is 31.4 Å². The molecule has 132 valence electrons. The first-order valence-corrected chi connectivity index (χ1v) is 8.02. The van der Waals surface area contributed by atoms with E-state index in [1.54, 1.807) is 26.1 Å². The molecular formula is C17H30FIN4. The lowest BCUT2D eigenvalue weighted by Gasteiger charge is -2.20. The molecule has 0 aliphatic carbocycles. The number of aryl methyl sites for hydroxylation is 1. The van der Waals surface area contributed by atoms with E-state index >= 15 is 0 Å². The van der Waals surface area contributed by atoms with Gasteiger partial charge in [0.25, 0.3) is 0 Å². The molecule has 23 heavy (non-hydrogen) atoms. The Hall–Kier alpha value is -0.890. The van der Waals surface area contributed by atoms with Crippen LogP contribution in [-0.4, -0.2) is 44.1 Å². The van der Waals surface area contributed by atoms with Crippen molar-refractivity contribution >= 4 is 29.9 Å². The molecule has 0 saturated heterocycles. The highest BCUT2D eigenvalue weighted by Gasteiger charge is 2.03. The minimum Gasteiger partial charge on any atom is -0.355 e. The molecule has 0 bridgehead atoms. The van der Waals surface area contributed by atoms with Gasteiger partial charge < -0.3 is 15.5 Å². The second kappa shape index (κ2) is 12.5. The van der Waals surface area contributed by atoms with E-state index < -0.39 is 0 Å². The van der Waals surface area contributed by atoms with Gasteiger partial charge in [-0.25, -0.2) is 4.39 Å². The van der Waals surface area contributed by atoms with Crippen molar-refractivity contribution in [2.75, 3.05) is 33.2 Å². The zero-order valence-electron chi connectivity index (χ0n) is 14.7. The van der Waals surface area contributed by atoms with Crippen molar-refractivity contribution in [3.8, 4) is 0 Å². The molecule has 6 heteroatoms. The largest absolute Gasteiger partial charge is 0.355 e. The van der Waals surface area contributed by atoms with E-state index in [4.69, 9.17) is 0 Å². The molecule has 0 spiro atoms. The van der Waals surface area contributed by atoms with Crippen LogP contribution >= 0.6 is 24.0 Å². The van der Waals surface area contributed by atoms with E-state index in [0.29, 0.717) is 12.1 Å². The van der Waals surface area contributed by atoms with Crippen molar-refractivity contribution in [2.24, 2.45) is 4.99 Å².